The van der Waals surface area contributed by atoms with Crippen LogP contribution in [0.2, 0.25) is 0 Å². The van der Waals surface area contributed by atoms with Crippen molar-refractivity contribution in [2.24, 2.45) is 0 Å². The Balaban J connectivity index is 1.48. The van der Waals surface area contributed by atoms with Crippen LogP contribution in [-0.2, 0) is 4.74 Å². The summed E-state index contributed by atoms with van der Waals surface area (Å²) in [6.45, 7) is 5.97. The van der Waals surface area contributed by atoms with E-state index in [0.29, 0.717) is 13.2 Å². The Hall–Kier alpha value is -1.06. The van der Waals surface area contributed by atoms with Gasteiger partial charge in [-0.1, -0.05) is 18.2 Å². The number of ether oxygens (including phenoxy) is 2. The normalized spacial score (nSPS) is 17.1. The van der Waals surface area contributed by atoms with Crippen molar-refractivity contribution in [2.45, 2.75) is 25.7 Å². The molecule has 0 atom stereocenters. The molecule has 19 heavy (non-hydrogen) atoms. The van der Waals surface area contributed by atoms with Crippen molar-refractivity contribution in [3.05, 3.63) is 30.3 Å². The van der Waals surface area contributed by atoms with Crippen molar-refractivity contribution in [2.75, 3.05) is 39.5 Å². The molecule has 0 spiro atoms. The SMILES string of the molecule is c1ccc(OCCOCC[NH+]2CCCCCC2)cc1. The molecule has 0 radical (unpaired) electrons. The molecule has 1 saturated heterocycles. The molecule has 0 aromatic heterocycles. The zero-order valence-corrected chi connectivity index (χ0v) is 11.8. The molecule has 0 aliphatic carbocycles. The highest BCUT2D eigenvalue weighted by molar-refractivity contribution is 5.20. The predicted molar refractivity (Wildman–Crippen MR) is 76.8 cm³/mol. The Kier molecular flexibility index (Phi) is 6.75. The average Bonchev–Trinajstić information content (AvgIpc) is 2.72. The third kappa shape index (κ3) is 6.08. The quantitative estimate of drug-likeness (QED) is 0.755. The van der Waals surface area contributed by atoms with Gasteiger partial charge in [-0.25, -0.2) is 0 Å². The fourth-order valence-electron chi connectivity index (χ4n) is 2.53. The summed E-state index contributed by atoms with van der Waals surface area (Å²) in [5.74, 6) is 0.921. The van der Waals surface area contributed by atoms with Crippen LogP contribution >= 0.6 is 0 Å². The molecule has 106 valence electrons. The molecule has 2 rings (SSSR count). The zero-order chi connectivity index (χ0) is 13.2. The fraction of sp³-hybridized carbons (Fsp3) is 0.625. The van der Waals surface area contributed by atoms with Crippen LogP contribution in [-0.4, -0.2) is 39.5 Å². The van der Waals surface area contributed by atoms with Crippen molar-refractivity contribution in [3.63, 3.8) is 0 Å². The van der Waals surface area contributed by atoms with Crippen LogP contribution in [0.3, 0.4) is 0 Å². The summed E-state index contributed by atoms with van der Waals surface area (Å²) in [6.07, 6.45) is 5.59. The highest BCUT2D eigenvalue weighted by atomic mass is 16.5. The second kappa shape index (κ2) is 8.94. The number of likely N-dealkylation sites (tertiary alicyclic amines) is 1. The van der Waals surface area contributed by atoms with E-state index in [9.17, 15) is 0 Å². The Labute approximate surface area is 116 Å². The largest absolute Gasteiger partial charge is 0.491 e. The lowest BCUT2D eigenvalue weighted by Gasteiger charge is -2.16. The van der Waals surface area contributed by atoms with E-state index in [0.717, 1.165) is 18.9 Å². The second-order valence-corrected chi connectivity index (χ2v) is 5.19. The van der Waals surface area contributed by atoms with Gasteiger partial charge in [-0.15, -0.1) is 0 Å². The van der Waals surface area contributed by atoms with E-state index >= 15 is 0 Å². The van der Waals surface area contributed by atoms with E-state index in [1.807, 2.05) is 30.3 Å². The molecule has 3 heteroatoms. The minimum atomic E-state index is 0.638. The first kappa shape index (κ1) is 14.4. The minimum absolute atomic E-state index is 0.638. The number of nitrogens with one attached hydrogen (secondary N) is 1. The standard InChI is InChI=1S/C16H25NO2/c1-2-7-11-17(10-6-1)12-13-18-14-15-19-16-8-4-3-5-9-16/h3-5,8-9H,1-2,6-7,10-15H2/p+1. The molecule has 1 aromatic carbocycles. The monoisotopic (exact) mass is 264 g/mol. The molecule has 1 fully saturated rings. The van der Waals surface area contributed by atoms with Crippen molar-refractivity contribution in [3.8, 4) is 5.75 Å². The lowest BCUT2D eigenvalue weighted by Crippen LogP contribution is -3.12. The Morgan fingerprint density at radius 1 is 0.842 bits per heavy atom. The molecule has 1 N–H and O–H groups in total. The van der Waals surface area contributed by atoms with Crippen LogP contribution in [0.15, 0.2) is 30.3 Å². The lowest BCUT2D eigenvalue weighted by molar-refractivity contribution is -0.899. The van der Waals surface area contributed by atoms with Gasteiger partial charge in [-0.3, -0.25) is 0 Å². The van der Waals surface area contributed by atoms with Crippen molar-refractivity contribution in [1.29, 1.82) is 0 Å². The molecular weight excluding hydrogens is 238 g/mol. The summed E-state index contributed by atoms with van der Waals surface area (Å²) in [5, 5.41) is 0. The first-order valence-corrected chi connectivity index (χ1v) is 7.54. The number of hydrogen-bond donors (Lipinski definition) is 1. The Bertz CT molecular complexity index is 321. The predicted octanol–water partition coefficient (Wildman–Crippen LogP) is 1.54. The van der Waals surface area contributed by atoms with Gasteiger partial charge >= 0.3 is 0 Å². The maximum absolute atomic E-state index is 5.65. The van der Waals surface area contributed by atoms with Crippen LogP contribution in [0.4, 0.5) is 0 Å². The second-order valence-electron chi connectivity index (χ2n) is 5.19. The van der Waals surface area contributed by atoms with Crippen molar-refractivity contribution in [1.82, 2.24) is 0 Å². The molecule has 0 amide bonds. The van der Waals surface area contributed by atoms with E-state index in [1.54, 1.807) is 4.90 Å². The number of rotatable bonds is 7. The number of para-hydroxylation sites is 1. The van der Waals surface area contributed by atoms with Gasteiger partial charge in [-0.05, 0) is 37.8 Å². The van der Waals surface area contributed by atoms with E-state index in [4.69, 9.17) is 9.47 Å². The topological polar surface area (TPSA) is 22.9 Å². The summed E-state index contributed by atoms with van der Waals surface area (Å²) in [5.41, 5.74) is 0. The maximum atomic E-state index is 5.65. The summed E-state index contributed by atoms with van der Waals surface area (Å²) >= 11 is 0. The Morgan fingerprint density at radius 3 is 2.32 bits per heavy atom. The van der Waals surface area contributed by atoms with Gasteiger partial charge in [0.05, 0.1) is 26.3 Å². The third-order valence-electron chi connectivity index (χ3n) is 3.65. The highest BCUT2D eigenvalue weighted by Gasteiger charge is 2.11. The van der Waals surface area contributed by atoms with Gasteiger partial charge in [0.1, 0.15) is 18.9 Å². The van der Waals surface area contributed by atoms with Crippen molar-refractivity contribution < 1.29 is 14.4 Å². The summed E-state index contributed by atoms with van der Waals surface area (Å²) in [6, 6.07) is 9.91. The van der Waals surface area contributed by atoms with Crippen LogP contribution in [0.25, 0.3) is 0 Å². The van der Waals surface area contributed by atoms with Gasteiger partial charge in [0.25, 0.3) is 0 Å². The number of quaternary nitrogens is 1. The first-order valence-electron chi connectivity index (χ1n) is 7.54. The van der Waals surface area contributed by atoms with Crippen LogP contribution in [0.5, 0.6) is 5.75 Å². The molecular formula is C16H26NO2+. The van der Waals surface area contributed by atoms with Crippen LogP contribution in [0.1, 0.15) is 25.7 Å². The Morgan fingerprint density at radius 2 is 1.58 bits per heavy atom. The lowest BCUT2D eigenvalue weighted by atomic mass is 10.2. The van der Waals surface area contributed by atoms with Crippen LogP contribution < -0.4 is 9.64 Å². The molecule has 1 aliphatic heterocycles. The number of hydrogen-bond acceptors (Lipinski definition) is 2. The van der Waals surface area contributed by atoms with Gasteiger partial charge in [0, 0.05) is 0 Å². The molecule has 3 nitrogen and oxygen atoms in total. The minimum Gasteiger partial charge on any atom is -0.491 e. The summed E-state index contributed by atoms with van der Waals surface area (Å²) < 4.78 is 11.2. The van der Waals surface area contributed by atoms with Gasteiger partial charge in [0.15, 0.2) is 0 Å². The van der Waals surface area contributed by atoms with Gasteiger partial charge in [0.2, 0.25) is 0 Å². The van der Waals surface area contributed by atoms with E-state index in [2.05, 4.69) is 0 Å². The maximum Gasteiger partial charge on any atom is 0.119 e. The van der Waals surface area contributed by atoms with E-state index in [1.165, 1.54) is 38.8 Å². The average molecular weight is 264 g/mol. The summed E-state index contributed by atoms with van der Waals surface area (Å²) in [4.78, 5) is 1.71. The first-order chi connectivity index (χ1) is 9.45. The molecule has 1 aliphatic rings. The van der Waals surface area contributed by atoms with E-state index < -0.39 is 0 Å². The molecule has 1 aromatic rings. The van der Waals surface area contributed by atoms with Crippen molar-refractivity contribution >= 4 is 0 Å². The molecule has 0 unspecified atom stereocenters. The molecule has 0 saturated carbocycles. The smallest absolute Gasteiger partial charge is 0.119 e. The van der Waals surface area contributed by atoms with Crippen LogP contribution in [0, 0.1) is 0 Å². The van der Waals surface area contributed by atoms with Gasteiger partial charge in [-0.2, -0.15) is 0 Å². The molecule has 0 bridgehead atoms. The fourth-order valence-corrected chi connectivity index (χ4v) is 2.53. The third-order valence-corrected chi connectivity index (χ3v) is 3.65. The summed E-state index contributed by atoms with van der Waals surface area (Å²) in [7, 11) is 0. The van der Waals surface area contributed by atoms with E-state index in [-0.39, 0.29) is 0 Å². The molecule has 1 heterocycles. The highest BCUT2D eigenvalue weighted by Crippen LogP contribution is 2.07. The van der Waals surface area contributed by atoms with Gasteiger partial charge < -0.3 is 14.4 Å². The number of benzene rings is 1. The zero-order valence-electron chi connectivity index (χ0n) is 11.8.